The van der Waals surface area contributed by atoms with Crippen LogP contribution in [0.4, 0.5) is 5.82 Å². The maximum atomic E-state index is 10.0. The van der Waals surface area contributed by atoms with E-state index in [2.05, 4.69) is 73.3 Å². The molecular weight excluding hydrogens is 358 g/mol. The van der Waals surface area contributed by atoms with Crippen molar-refractivity contribution in [2.45, 2.75) is 52.5 Å². The van der Waals surface area contributed by atoms with E-state index in [-0.39, 0.29) is 0 Å². The average Bonchev–Trinajstić information content (AvgIpc) is 3.32. The van der Waals surface area contributed by atoms with E-state index in [1.165, 1.54) is 11.4 Å². The normalized spacial score (nSPS) is 17.0. The number of likely N-dealkylation sites (N-methyl/N-ethyl adjacent to an activating group) is 1. The van der Waals surface area contributed by atoms with Crippen molar-refractivity contribution in [3.8, 4) is 6.07 Å². The molecule has 1 aliphatic rings. The highest BCUT2D eigenvalue weighted by Crippen LogP contribution is 2.36. The largest absolute Gasteiger partial charge is 0.356 e. The van der Waals surface area contributed by atoms with Gasteiger partial charge in [0.15, 0.2) is 5.65 Å². The summed E-state index contributed by atoms with van der Waals surface area (Å²) in [5, 5.41) is 10.0. The molecule has 0 saturated carbocycles. The Balaban J connectivity index is 2.06. The number of hydrogen-bond acceptors (Lipinski definition) is 4. The number of rotatable bonds is 5. The monoisotopic (exact) mass is 389 g/mol. The molecule has 1 atom stereocenters. The second-order valence-corrected chi connectivity index (χ2v) is 8.58. The number of pyridine rings is 1. The highest BCUT2D eigenvalue weighted by Gasteiger charge is 2.30. The molecule has 0 radical (unpaired) electrons. The van der Waals surface area contributed by atoms with Crippen LogP contribution in [-0.2, 0) is 6.42 Å². The Morgan fingerprint density at radius 3 is 2.72 bits per heavy atom. The van der Waals surface area contributed by atoms with E-state index in [9.17, 15) is 5.26 Å². The van der Waals surface area contributed by atoms with Crippen molar-refractivity contribution in [3.63, 3.8) is 0 Å². The molecule has 0 unspecified atom stereocenters. The quantitative estimate of drug-likeness (QED) is 0.646. The van der Waals surface area contributed by atoms with Gasteiger partial charge in [0, 0.05) is 19.1 Å². The zero-order valence-corrected chi connectivity index (χ0v) is 18.3. The van der Waals surface area contributed by atoms with Gasteiger partial charge in [-0.3, -0.25) is 4.40 Å². The van der Waals surface area contributed by atoms with Gasteiger partial charge in [-0.05, 0) is 70.0 Å². The van der Waals surface area contributed by atoms with E-state index < -0.39 is 0 Å². The maximum absolute atomic E-state index is 10.0. The van der Waals surface area contributed by atoms with Gasteiger partial charge in [0.25, 0.3) is 0 Å². The number of aromatic nitrogens is 2. The van der Waals surface area contributed by atoms with Gasteiger partial charge in [0.1, 0.15) is 11.9 Å². The van der Waals surface area contributed by atoms with Crippen LogP contribution in [0.5, 0.6) is 0 Å². The molecule has 0 N–H and O–H groups in total. The number of aryl methyl sites for hydroxylation is 1. The predicted octanol–water partition coefficient (Wildman–Crippen LogP) is 4.46. The van der Waals surface area contributed by atoms with Gasteiger partial charge in [-0.15, -0.1) is 0 Å². The van der Waals surface area contributed by atoms with Crippen LogP contribution in [0.25, 0.3) is 16.7 Å². The molecule has 4 rings (SSSR count). The summed E-state index contributed by atoms with van der Waals surface area (Å²) in [5.74, 6) is 1.25. The molecule has 3 aromatic rings. The lowest BCUT2D eigenvalue weighted by molar-refractivity contribution is 0.315. The first-order chi connectivity index (χ1) is 14.0. The lowest BCUT2D eigenvalue weighted by Gasteiger charge is -2.27. The third kappa shape index (κ3) is 3.16. The number of fused-ring (bicyclic) bond motifs is 3. The molecule has 0 amide bonds. The fourth-order valence-electron chi connectivity index (χ4n) is 4.72. The molecule has 29 heavy (non-hydrogen) atoms. The molecule has 5 heteroatoms. The second kappa shape index (κ2) is 7.68. The van der Waals surface area contributed by atoms with Crippen LogP contribution < -0.4 is 4.90 Å². The Morgan fingerprint density at radius 1 is 1.28 bits per heavy atom. The van der Waals surface area contributed by atoms with Crippen LogP contribution in [0.3, 0.4) is 0 Å². The summed E-state index contributed by atoms with van der Waals surface area (Å²) in [6.07, 6.45) is 4.42. The number of benzene rings is 1. The van der Waals surface area contributed by atoms with Gasteiger partial charge >= 0.3 is 0 Å². The van der Waals surface area contributed by atoms with Crippen molar-refractivity contribution in [1.29, 1.82) is 5.26 Å². The molecule has 1 fully saturated rings. The number of nitrogens with zero attached hydrogens (tertiary/aromatic N) is 5. The van der Waals surface area contributed by atoms with Crippen LogP contribution in [0.15, 0.2) is 18.2 Å². The minimum Gasteiger partial charge on any atom is -0.356 e. The van der Waals surface area contributed by atoms with Crippen molar-refractivity contribution in [3.05, 3.63) is 40.5 Å². The van der Waals surface area contributed by atoms with Crippen LogP contribution in [0, 0.1) is 25.2 Å². The first-order valence-electron chi connectivity index (χ1n) is 10.7. The van der Waals surface area contributed by atoms with Crippen molar-refractivity contribution in [1.82, 2.24) is 14.3 Å². The van der Waals surface area contributed by atoms with E-state index in [1.54, 1.807) is 0 Å². The van der Waals surface area contributed by atoms with Crippen LogP contribution >= 0.6 is 0 Å². The van der Waals surface area contributed by atoms with Gasteiger partial charge in [-0.25, -0.2) is 4.98 Å². The third-order valence-corrected chi connectivity index (χ3v) is 6.51. The number of hydrogen-bond donors (Lipinski definition) is 0. The predicted molar refractivity (Wildman–Crippen MR) is 120 cm³/mol. The highest BCUT2D eigenvalue weighted by molar-refractivity contribution is 5.88. The van der Waals surface area contributed by atoms with Crippen molar-refractivity contribution in [2.24, 2.45) is 0 Å². The summed E-state index contributed by atoms with van der Waals surface area (Å²) in [5.41, 5.74) is 7.21. The number of unbranched alkanes of at least 4 members (excludes halogenated alkanes) is 1. The first-order valence-corrected chi connectivity index (χ1v) is 10.7. The fourth-order valence-corrected chi connectivity index (χ4v) is 4.72. The molecule has 2 aromatic heterocycles. The zero-order valence-electron chi connectivity index (χ0n) is 18.3. The SMILES string of the molecule is CCCCc1c(C)c(C#N)c2nc3c(C)cccc3n2c1N1CC[C@H](N(C)C)C1. The van der Waals surface area contributed by atoms with Crippen molar-refractivity contribution < 1.29 is 0 Å². The van der Waals surface area contributed by atoms with E-state index in [1.807, 2.05) is 0 Å². The van der Waals surface area contributed by atoms with E-state index in [4.69, 9.17) is 4.98 Å². The van der Waals surface area contributed by atoms with Gasteiger partial charge < -0.3 is 9.80 Å². The van der Waals surface area contributed by atoms with Gasteiger partial charge in [-0.2, -0.15) is 5.26 Å². The summed E-state index contributed by atoms with van der Waals surface area (Å²) in [6.45, 7) is 8.49. The summed E-state index contributed by atoms with van der Waals surface area (Å²) in [7, 11) is 4.34. The van der Waals surface area contributed by atoms with E-state index in [0.29, 0.717) is 6.04 Å². The molecule has 152 valence electrons. The van der Waals surface area contributed by atoms with Crippen molar-refractivity contribution in [2.75, 3.05) is 32.1 Å². The smallest absolute Gasteiger partial charge is 0.157 e. The molecule has 1 saturated heterocycles. The Hall–Kier alpha value is -2.58. The molecule has 1 aliphatic heterocycles. The van der Waals surface area contributed by atoms with Crippen molar-refractivity contribution >= 4 is 22.5 Å². The van der Waals surface area contributed by atoms with Gasteiger partial charge in [-0.1, -0.05) is 25.5 Å². The second-order valence-electron chi connectivity index (χ2n) is 8.58. The summed E-state index contributed by atoms with van der Waals surface area (Å²) in [4.78, 5) is 9.81. The number of anilines is 1. The molecular formula is C24H31N5. The number of imidazole rings is 1. The summed E-state index contributed by atoms with van der Waals surface area (Å²) < 4.78 is 2.27. The van der Waals surface area contributed by atoms with Gasteiger partial charge in [0.2, 0.25) is 0 Å². The Morgan fingerprint density at radius 2 is 2.07 bits per heavy atom. The van der Waals surface area contributed by atoms with Crippen LogP contribution in [0.2, 0.25) is 0 Å². The summed E-state index contributed by atoms with van der Waals surface area (Å²) >= 11 is 0. The average molecular weight is 390 g/mol. The van der Waals surface area contributed by atoms with Crippen LogP contribution in [-0.4, -0.2) is 47.5 Å². The van der Waals surface area contributed by atoms with E-state index in [0.717, 1.165) is 72.1 Å². The van der Waals surface area contributed by atoms with Crippen LogP contribution in [0.1, 0.15) is 48.4 Å². The zero-order chi connectivity index (χ0) is 20.7. The summed E-state index contributed by atoms with van der Waals surface area (Å²) in [6, 6.07) is 9.36. The Labute approximate surface area is 173 Å². The first kappa shape index (κ1) is 19.7. The molecule has 3 heterocycles. The van der Waals surface area contributed by atoms with E-state index >= 15 is 0 Å². The highest BCUT2D eigenvalue weighted by atomic mass is 15.3. The minimum absolute atomic E-state index is 0.552. The lowest BCUT2D eigenvalue weighted by Crippen LogP contribution is -2.32. The minimum atomic E-state index is 0.552. The lowest BCUT2D eigenvalue weighted by atomic mass is 9.99. The fraction of sp³-hybridized carbons (Fsp3) is 0.500. The number of nitriles is 1. The third-order valence-electron chi connectivity index (χ3n) is 6.51. The standard InChI is InChI=1S/C24H31N5/c1-6-7-10-19-17(3)20(14-25)23-26-22-16(2)9-8-11-21(22)29(23)24(19)28-13-12-18(15-28)27(4)5/h8-9,11,18H,6-7,10,12-13,15H2,1-5H3/t18-/m0/s1. The Kier molecular flexibility index (Phi) is 5.23. The molecule has 5 nitrogen and oxygen atoms in total. The maximum Gasteiger partial charge on any atom is 0.157 e. The topological polar surface area (TPSA) is 47.6 Å². The Bertz CT molecular complexity index is 1100. The van der Waals surface area contributed by atoms with Gasteiger partial charge in [0.05, 0.1) is 16.6 Å². The number of para-hydroxylation sites is 1. The molecule has 1 aromatic carbocycles. The molecule has 0 aliphatic carbocycles. The molecule has 0 bridgehead atoms. The molecule has 0 spiro atoms.